The fourth-order valence-corrected chi connectivity index (χ4v) is 4.00. The molecule has 0 heterocycles. The molecule has 0 aliphatic carbocycles. The molecule has 0 atom stereocenters. The van der Waals surface area contributed by atoms with Crippen LogP contribution in [0.3, 0.4) is 0 Å². The zero-order valence-corrected chi connectivity index (χ0v) is 15.9. The first-order valence-electron chi connectivity index (χ1n) is 6.52. The van der Waals surface area contributed by atoms with Gasteiger partial charge < -0.3 is 0 Å². The molecule has 2 aromatic carbocycles. The molecular formula is C15H17Cl4O3P. The molecule has 3 nitrogen and oxygen atoms in total. The Morgan fingerprint density at radius 3 is 1.17 bits per heavy atom. The van der Waals surface area contributed by atoms with Crippen molar-refractivity contribution in [1.82, 2.24) is 0 Å². The zero-order valence-electron chi connectivity index (χ0n) is 12.0. The Morgan fingerprint density at radius 2 is 0.913 bits per heavy atom. The summed E-state index contributed by atoms with van der Waals surface area (Å²) in [6, 6.07) is 18.0. The summed E-state index contributed by atoms with van der Waals surface area (Å²) < 4.78 is -1.61. The molecule has 2 rings (SSSR count). The van der Waals surface area contributed by atoms with Gasteiger partial charge >= 0.3 is 106 Å². The Bertz CT molecular complexity index is 543. The van der Waals surface area contributed by atoms with E-state index >= 15 is 0 Å². The topological polar surface area (TPSA) is 60.7 Å². The van der Waals surface area contributed by atoms with Crippen molar-refractivity contribution in [3.05, 3.63) is 71.8 Å². The van der Waals surface area contributed by atoms with E-state index in [0.717, 1.165) is 11.1 Å². The molecule has 3 N–H and O–H groups in total. The second-order valence-electron chi connectivity index (χ2n) is 5.06. The van der Waals surface area contributed by atoms with Gasteiger partial charge in [0.15, 0.2) is 0 Å². The standard InChI is InChI=1S/C14H17O3P.CCl4/c15-18(16,17,11-13-7-3-1-4-8-13)12-14-9-5-2-6-10-14;2-1(3,4)5/h1-10,15-17H,11-12H2;. The molecule has 0 amide bonds. The summed E-state index contributed by atoms with van der Waals surface area (Å²) in [5.41, 5.74) is 1.44. The van der Waals surface area contributed by atoms with Gasteiger partial charge in [-0.05, 0) is 0 Å². The van der Waals surface area contributed by atoms with Gasteiger partial charge in [0.2, 0.25) is 0 Å². The normalized spacial score (nSPS) is 13.4. The third-order valence-corrected chi connectivity index (χ3v) is 4.72. The van der Waals surface area contributed by atoms with Gasteiger partial charge in [-0.3, -0.25) is 0 Å². The van der Waals surface area contributed by atoms with Crippen LogP contribution in [0.15, 0.2) is 60.7 Å². The van der Waals surface area contributed by atoms with Gasteiger partial charge in [0.05, 0.1) is 0 Å². The second kappa shape index (κ2) is 8.33. The van der Waals surface area contributed by atoms with E-state index in [0.29, 0.717) is 0 Å². The van der Waals surface area contributed by atoms with Crippen LogP contribution in [0.2, 0.25) is 0 Å². The van der Waals surface area contributed by atoms with Crippen LogP contribution in [0, 0.1) is 0 Å². The van der Waals surface area contributed by atoms with E-state index in [1.165, 1.54) is 0 Å². The van der Waals surface area contributed by atoms with Crippen molar-refractivity contribution in [2.24, 2.45) is 0 Å². The molecular weight excluding hydrogens is 401 g/mol. The third kappa shape index (κ3) is 11.1. The first-order chi connectivity index (χ1) is 10.4. The average molecular weight is 418 g/mol. The van der Waals surface area contributed by atoms with Crippen molar-refractivity contribution in [1.29, 1.82) is 0 Å². The predicted molar refractivity (Wildman–Crippen MR) is 100 cm³/mol. The molecule has 0 aliphatic rings. The van der Waals surface area contributed by atoms with Crippen molar-refractivity contribution in [3.63, 3.8) is 0 Å². The van der Waals surface area contributed by atoms with Crippen molar-refractivity contribution in [2.75, 3.05) is 0 Å². The predicted octanol–water partition coefficient (Wildman–Crippen LogP) is 5.21. The fourth-order valence-electron chi connectivity index (χ4n) is 1.97. The Morgan fingerprint density at radius 1 is 0.652 bits per heavy atom. The maximum absolute atomic E-state index is 10.1. The average Bonchev–Trinajstić information content (AvgIpc) is 2.37. The first-order valence-corrected chi connectivity index (χ1v) is 10.5. The van der Waals surface area contributed by atoms with Crippen LogP contribution in [-0.4, -0.2) is 17.9 Å². The third-order valence-electron chi connectivity index (χ3n) is 2.70. The van der Waals surface area contributed by atoms with Crippen molar-refractivity contribution >= 4 is 53.7 Å². The van der Waals surface area contributed by atoms with Crippen molar-refractivity contribution < 1.29 is 14.7 Å². The summed E-state index contributed by atoms with van der Waals surface area (Å²) in [5.74, 6) is 0. The minimum atomic E-state index is -4.66. The Hall–Kier alpha value is -0.0900. The van der Waals surface area contributed by atoms with Crippen LogP contribution >= 0.6 is 53.7 Å². The van der Waals surface area contributed by atoms with Crippen LogP contribution in [-0.2, 0) is 12.3 Å². The number of hydrogen-bond acceptors (Lipinski definition) is 3. The first kappa shape index (κ1) is 21.0. The van der Waals surface area contributed by atoms with Gasteiger partial charge in [0, 0.05) is 0 Å². The summed E-state index contributed by atoms with van der Waals surface area (Å²) in [4.78, 5) is 30.4. The van der Waals surface area contributed by atoms with E-state index in [1.54, 1.807) is 24.3 Å². The van der Waals surface area contributed by atoms with Crippen LogP contribution in [0.1, 0.15) is 11.1 Å². The minimum absolute atomic E-state index is 0.110. The molecule has 23 heavy (non-hydrogen) atoms. The number of alkyl halides is 4. The van der Waals surface area contributed by atoms with Crippen molar-refractivity contribution in [3.8, 4) is 0 Å². The van der Waals surface area contributed by atoms with E-state index < -0.39 is 10.5 Å². The van der Waals surface area contributed by atoms with E-state index in [4.69, 9.17) is 46.4 Å². The van der Waals surface area contributed by atoms with Gasteiger partial charge in [-0.25, -0.2) is 0 Å². The van der Waals surface area contributed by atoms with Gasteiger partial charge in [0.25, 0.3) is 3.25 Å². The summed E-state index contributed by atoms with van der Waals surface area (Å²) >= 11 is 19.3. The number of hydrogen-bond donors (Lipinski definition) is 3. The van der Waals surface area contributed by atoms with Crippen LogP contribution in [0.4, 0.5) is 0 Å². The van der Waals surface area contributed by atoms with Crippen LogP contribution < -0.4 is 0 Å². The summed E-state index contributed by atoms with van der Waals surface area (Å²) in [7, 11) is -4.66. The Balaban J connectivity index is 0.000000463. The molecule has 0 spiro atoms. The molecule has 2 aromatic rings. The molecule has 0 saturated carbocycles. The van der Waals surface area contributed by atoms with Gasteiger partial charge in [-0.15, -0.1) is 0 Å². The van der Waals surface area contributed by atoms with Gasteiger partial charge in [0.1, 0.15) is 0 Å². The molecule has 0 aliphatic heterocycles. The molecule has 0 unspecified atom stereocenters. The van der Waals surface area contributed by atoms with Crippen LogP contribution in [0.25, 0.3) is 0 Å². The molecule has 0 fully saturated rings. The number of benzene rings is 2. The monoisotopic (exact) mass is 416 g/mol. The van der Waals surface area contributed by atoms with E-state index in [9.17, 15) is 14.7 Å². The van der Waals surface area contributed by atoms with Crippen LogP contribution in [0.5, 0.6) is 0 Å². The summed E-state index contributed by atoms with van der Waals surface area (Å²) in [6.45, 7) is 0. The van der Waals surface area contributed by atoms with Gasteiger partial charge in [-0.1, -0.05) is 46.4 Å². The Labute approximate surface area is 155 Å². The summed E-state index contributed by atoms with van der Waals surface area (Å²) in [6.07, 6.45) is -0.220. The SMILES string of the molecule is ClC(Cl)(Cl)Cl.OP(O)(O)(Cc1ccccc1)Cc1ccccc1. The zero-order chi connectivity index (χ0) is 17.6. The fraction of sp³-hybridized carbons (Fsp3) is 0.200. The second-order valence-corrected chi connectivity index (χ2v) is 11.8. The Kier molecular flexibility index (Phi) is 7.59. The van der Waals surface area contributed by atoms with Crippen molar-refractivity contribution in [2.45, 2.75) is 15.6 Å². The molecule has 8 heteroatoms. The van der Waals surface area contributed by atoms with E-state index in [-0.39, 0.29) is 12.3 Å². The van der Waals surface area contributed by atoms with E-state index in [1.807, 2.05) is 36.4 Å². The molecule has 128 valence electrons. The maximum atomic E-state index is 10.1. The molecule has 0 aromatic heterocycles. The number of halogens is 4. The molecule has 0 radical (unpaired) electrons. The molecule has 0 saturated heterocycles. The van der Waals surface area contributed by atoms with E-state index in [2.05, 4.69) is 0 Å². The number of rotatable bonds is 4. The molecule has 0 bridgehead atoms. The quantitative estimate of drug-likeness (QED) is 0.472. The summed E-state index contributed by atoms with van der Waals surface area (Å²) in [5, 5.41) is 0. The van der Waals surface area contributed by atoms with Gasteiger partial charge in [-0.2, -0.15) is 0 Å².